The molecule has 0 radical (unpaired) electrons. The molecule has 0 unspecified atom stereocenters. The first-order chi connectivity index (χ1) is 14.9. The van der Waals surface area contributed by atoms with E-state index in [1.807, 2.05) is 0 Å². The lowest BCUT2D eigenvalue weighted by Crippen LogP contribution is -2.40. The SMILES string of the molecule is C[C@@H](N=C1NS(=O)(=O)c2ccccc21)C(=O)Nc1ccc2c(c1)OC1(CCCCC1)O2. The Bertz CT molecular complexity index is 1190. The highest BCUT2D eigenvalue weighted by Crippen LogP contribution is 2.46. The van der Waals surface area contributed by atoms with Crippen LogP contribution in [0.2, 0.25) is 0 Å². The highest BCUT2D eigenvalue weighted by molar-refractivity contribution is 7.90. The monoisotopic (exact) mass is 441 g/mol. The Kier molecular flexibility index (Phi) is 4.65. The van der Waals surface area contributed by atoms with Gasteiger partial charge in [0.15, 0.2) is 11.5 Å². The summed E-state index contributed by atoms with van der Waals surface area (Å²) in [6.07, 6.45) is 5.04. The fourth-order valence-corrected chi connectivity index (χ4v) is 5.43. The second-order valence-electron chi connectivity index (χ2n) is 8.08. The van der Waals surface area contributed by atoms with E-state index in [1.54, 1.807) is 43.3 Å². The van der Waals surface area contributed by atoms with Gasteiger partial charge in [0.1, 0.15) is 11.9 Å². The normalized spacial score (nSPS) is 22.0. The van der Waals surface area contributed by atoms with Crippen molar-refractivity contribution in [3.63, 3.8) is 0 Å². The van der Waals surface area contributed by atoms with Gasteiger partial charge in [0.2, 0.25) is 5.91 Å². The van der Waals surface area contributed by atoms with E-state index >= 15 is 0 Å². The molecule has 1 fully saturated rings. The minimum absolute atomic E-state index is 0.161. The molecule has 0 bridgehead atoms. The Balaban J connectivity index is 1.31. The number of hydrogen-bond acceptors (Lipinski definition) is 6. The molecule has 1 atom stereocenters. The Morgan fingerprint density at radius 3 is 2.65 bits per heavy atom. The second kappa shape index (κ2) is 7.26. The Morgan fingerprint density at radius 1 is 1.10 bits per heavy atom. The van der Waals surface area contributed by atoms with E-state index in [2.05, 4.69) is 15.0 Å². The molecule has 2 heterocycles. The lowest BCUT2D eigenvalue weighted by molar-refractivity contribution is -0.117. The van der Waals surface area contributed by atoms with Gasteiger partial charge in [-0.3, -0.25) is 14.5 Å². The van der Waals surface area contributed by atoms with E-state index in [9.17, 15) is 13.2 Å². The van der Waals surface area contributed by atoms with Gasteiger partial charge in [0.05, 0.1) is 4.90 Å². The van der Waals surface area contributed by atoms with Crippen molar-refractivity contribution in [2.45, 2.75) is 55.8 Å². The number of amidine groups is 1. The fraction of sp³-hybridized carbons (Fsp3) is 0.364. The quantitative estimate of drug-likeness (QED) is 0.761. The number of sulfonamides is 1. The summed E-state index contributed by atoms with van der Waals surface area (Å²) in [5, 5.41) is 2.82. The molecule has 2 aromatic rings. The molecule has 2 aliphatic heterocycles. The van der Waals surface area contributed by atoms with Gasteiger partial charge in [-0.1, -0.05) is 18.6 Å². The number of carbonyl (C=O) groups excluding carboxylic acids is 1. The van der Waals surface area contributed by atoms with Crippen LogP contribution in [0.15, 0.2) is 52.4 Å². The second-order valence-corrected chi connectivity index (χ2v) is 9.73. The molecule has 0 aromatic heterocycles. The van der Waals surface area contributed by atoms with Gasteiger partial charge >= 0.3 is 0 Å². The highest BCUT2D eigenvalue weighted by atomic mass is 32.2. The molecule has 1 spiro atoms. The van der Waals surface area contributed by atoms with E-state index in [0.29, 0.717) is 22.7 Å². The van der Waals surface area contributed by atoms with Gasteiger partial charge in [-0.2, -0.15) is 0 Å². The molecule has 5 rings (SSSR count). The standard InChI is InChI=1S/C22H23N3O5S/c1-14(23-20-16-7-3-4-8-19(16)31(27,28)25-20)21(26)24-15-9-10-17-18(13-15)30-22(29-17)11-5-2-6-12-22/h3-4,7-10,13-14H,2,5-6,11-12H2,1H3,(H,23,25)(H,24,26)/t14-/m1/s1. The van der Waals surface area contributed by atoms with Crippen LogP contribution in [0.1, 0.15) is 44.6 Å². The predicted molar refractivity (Wildman–Crippen MR) is 115 cm³/mol. The first-order valence-corrected chi connectivity index (χ1v) is 11.9. The minimum Gasteiger partial charge on any atom is -0.448 e. The van der Waals surface area contributed by atoms with Crippen LogP contribution in [0.5, 0.6) is 11.5 Å². The summed E-state index contributed by atoms with van der Waals surface area (Å²) in [4.78, 5) is 17.2. The largest absolute Gasteiger partial charge is 0.448 e. The number of amides is 1. The van der Waals surface area contributed by atoms with Crippen LogP contribution in [-0.2, 0) is 14.8 Å². The average molecular weight is 442 g/mol. The van der Waals surface area contributed by atoms with Crippen molar-refractivity contribution in [2.75, 3.05) is 5.32 Å². The molecule has 162 valence electrons. The summed E-state index contributed by atoms with van der Waals surface area (Å²) >= 11 is 0. The zero-order valence-electron chi connectivity index (χ0n) is 17.1. The summed E-state index contributed by atoms with van der Waals surface area (Å²) in [6, 6.07) is 11.1. The van der Waals surface area contributed by atoms with Crippen LogP contribution in [0.4, 0.5) is 5.69 Å². The summed E-state index contributed by atoms with van der Waals surface area (Å²) < 4.78 is 39.0. The summed E-state index contributed by atoms with van der Waals surface area (Å²) in [7, 11) is -3.65. The maximum absolute atomic E-state index is 12.7. The smallest absolute Gasteiger partial charge is 0.263 e. The molecule has 9 heteroatoms. The van der Waals surface area contributed by atoms with Crippen molar-refractivity contribution in [1.82, 2.24) is 4.72 Å². The first-order valence-electron chi connectivity index (χ1n) is 10.4. The van der Waals surface area contributed by atoms with E-state index in [0.717, 1.165) is 25.7 Å². The number of anilines is 1. The van der Waals surface area contributed by atoms with Crippen molar-refractivity contribution >= 4 is 27.5 Å². The third-order valence-electron chi connectivity index (χ3n) is 5.78. The summed E-state index contributed by atoms with van der Waals surface area (Å²) in [5.74, 6) is 0.544. The van der Waals surface area contributed by atoms with Crippen LogP contribution in [-0.4, -0.2) is 32.0 Å². The van der Waals surface area contributed by atoms with Crippen molar-refractivity contribution in [3.05, 3.63) is 48.0 Å². The number of nitrogens with one attached hydrogen (secondary N) is 2. The van der Waals surface area contributed by atoms with E-state index < -0.39 is 21.9 Å². The van der Waals surface area contributed by atoms with Crippen LogP contribution >= 0.6 is 0 Å². The summed E-state index contributed by atoms with van der Waals surface area (Å²) in [6.45, 7) is 1.61. The molecular formula is C22H23N3O5S. The first kappa shape index (κ1) is 19.9. The Labute approximate surface area is 180 Å². The van der Waals surface area contributed by atoms with Crippen molar-refractivity contribution in [2.24, 2.45) is 4.99 Å². The number of fused-ring (bicyclic) bond motifs is 2. The number of ether oxygens (including phenoxy) is 2. The van der Waals surface area contributed by atoms with Crippen LogP contribution in [0.25, 0.3) is 0 Å². The van der Waals surface area contributed by atoms with E-state index in [1.165, 1.54) is 12.5 Å². The molecule has 2 N–H and O–H groups in total. The number of benzene rings is 2. The van der Waals surface area contributed by atoms with Gasteiger partial charge in [0.25, 0.3) is 15.8 Å². The van der Waals surface area contributed by atoms with Gasteiger partial charge in [-0.05, 0) is 44.0 Å². The molecule has 1 amide bonds. The lowest BCUT2D eigenvalue weighted by Gasteiger charge is -2.31. The highest BCUT2D eigenvalue weighted by Gasteiger charge is 2.42. The average Bonchev–Trinajstić information content (AvgIpc) is 3.22. The number of rotatable bonds is 3. The van der Waals surface area contributed by atoms with Crippen LogP contribution in [0, 0.1) is 0 Å². The third kappa shape index (κ3) is 3.63. The number of nitrogens with zero attached hydrogens (tertiary/aromatic N) is 1. The maximum atomic E-state index is 12.7. The van der Waals surface area contributed by atoms with E-state index in [-0.39, 0.29) is 16.6 Å². The van der Waals surface area contributed by atoms with Crippen LogP contribution in [0.3, 0.4) is 0 Å². The van der Waals surface area contributed by atoms with Gasteiger partial charge < -0.3 is 14.8 Å². The molecule has 31 heavy (non-hydrogen) atoms. The minimum atomic E-state index is -3.65. The van der Waals surface area contributed by atoms with Gasteiger partial charge in [-0.25, -0.2) is 8.42 Å². The van der Waals surface area contributed by atoms with Gasteiger partial charge in [0, 0.05) is 30.2 Å². The van der Waals surface area contributed by atoms with Gasteiger partial charge in [-0.15, -0.1) is 0 Å². The predicted octanol–water partition coefficient (Wildman–Crippen LogP) is 3.18. The van der Waals surface area contributed by atoms with Crippen LogP contribution < -0.4 is 19.5 Å². The topological polar surface area (TPSA) is 106 Å². The Hall–Kier alpha value is -3.07. The number of hydrogen-bond donors (Lipinski definition) is 2. The zero-order valence-corrected chi connectivity index (χ0v) is 17.9. The summed E-state index contributed by atoms with van der Waals surface area (Å²) in [5.41, 5.74) is 1.03. The maximum Gasteiger partial charge on any atom is 0.263 e. The molecule has 3 aliphatic rings. The molecular weight excluding hydrogens is 418 g/mol. The Morgan fingerprint density at radius 2 is 1.84 bits per heavy atom. The lowest BCUT2D eigenvalue weighted by atomic mass is 9.94. The number of aliphatic imine (C=N–C) groups is 1. The zero-order chi connectivity index (χ0) is 21.6. The number of carbonyl (C=O) groups is 1. The third-order valence-corrected chi connectivity index (χ3v) is 7.18. The van der Waals surface area contributed by atoms with Crippen molar-refractivity contribution < 1.29 is 22.7 Å². The molecule has 1 saturated carbocycles. The fourth-order valence-electron chi connectivity index (χ4n) is 4.19. The molecule has 2 aromatic carbocycles. The van der Waals surface area contributed by atoms with E-state index in [4.69, 9.17) is 9.47 Å². The molecule has 1 aliphatic carbocycles. The molecule has 0 saturated heterocycles. The van der Waals surface area contributed by atoms with Crippen molar-refractivity contribution in [1.29, 1.82) is 0 Å². The van der Waals surface area contributed by atoms with Crippen molar-refractivity contribution in [3.8, 4) is 11.5 Å². The molecule has 8 nitrogen and oxygen atoms in total.